The van der Waals surface area contributed by atoms with E-state index in [9.17, 15) is 19.1 Å². The Balaban J connectivity index is 2.39. The molecular weight excluding hydrogens is 315 g/mol. The number of carbonyl (C=O) groups is 2. The number of hydrogen-bond acceptors (Lipinski definition) is 4. The first-order chi connectivity index (χ1) is 11.3. The van der Waals surface area contributed by atoms with Crippen molar-refractivity contribution in [2.45, 2.75) is 33.2 Å². The number of hydrogen-bond donors (Lipinski definition) is 2. The molecule has 128 valence electrons. The van der Waals surface area contributed by atoms with Gasteiger partial charge in [0.05, 0.1) is 11.6 Å². The van der Waals surface area contributed by atoms with Gasteiger partial charge in [-0.15, -0.1) is 0 Å². The molecule has 0 bridgehead atoms. The summed E-state index contributed by atoms with van der Waals surface area (Å²) in [6.45, 7) is 5.48. The Bertz CT molecular complexity index is 738. The molecule has 6 nitrogen and oxygen atoms in total. The zero-order valence-electron chi connectivity index (χ0n) is 13.7. The Morgan fingerprint density at radius 2 is 1.88 bits per heavy atom. The molecule has 2 N–H and O–H groups in total. The number of carbonyl (C=O) groups excluding carboxylic acids is 1. The minimum absolute atomic E-state index is 0.176. The van der Waals surface area contributed by atoms with Crippen molar-refractivity contribution in [2.24, 2.45) is 5.92 Å². The summed E-state index contributed by atoms with van der Waals surface area (Å²) in [5, 5.41) is 15.8. The number of benzene rings is 1. The van der Waals surface area contributed by atoms with E-state index in [2.05, 4.69) is 10.5 Å². The van der Waals surface area contributed by atoms with E-state index in [1.54, 1.807) is 6.92 Å². The van der Waals surface area contributed by atoms with Crippen molar-refractivity contribution in [3.05, 3.63) is 41.4 Å². The highest BCUT2D eigenvalue weighted by Crippen LogP contribution is 2.31. The molecule has 0 aliphatic heterocycles. The van der Waals surface area contributed by atoms with Crippen molar-refractivity contribution in [1.29, 1.82) is 0 Å². The summed E-state index contributed by atoms with van der Waals surface area (Å²) >= 11 is 0. The number of nitrogens with zero attached hydrogens (tertiary/aromatic N) is 1. The Kier molecular flexibility index (Phi) is 5.33. The zero-order valence-corrected chi connectivity index (χ0v) is 13.7. The number of aromatic carboxylic acids is 1. The molecule has 2 rings (SSSR count). The number of carboxylic acids is 1. The summed E-state index contributed by atoms with van der Waals surface area (Å²) in [5.41, 5.74) is 1.03. The molecule has 0 spiro atoms. The third-order valence-electron chi connectivity index (χ3n) is 3.44. The maximum absolute atomic E-state index is 13.1. The van der Waals surface area contributed by atoms with Gasteiger partial charge in [0.15, 0.2) is 0 Å². The van der Waals surface area contributed by atoms with E-state index in [1.807, 2.05) is 13.8 Å². The lowest BCUT2D eigenvalue weighted by Crippen LogP contribution is -2.28. The molecule has 1 amide bonds. The summed E-state index contributed by atoms with van der Waals surface area (Å²) in [5.74, 6) is -2.06. The van der Waals surface area contributed by atoms with Crippen LogP contribution in [0.2, 0.25) is 0 Å². The summed E-state index contributed by atoms with van der Waals surface area (Å²) in [4.78, 5) is 23.4. The fraction of sp³-hybridized carbons (Fsp3) is 0.353. The highest BCUT2D eigenvalue weighted by Gasteiger charge is 2.28. The van der Waals surface area contributed by atoms with Gasteiger partial charge in [0.1, 0.15) is 11.5 Å². The van der Waals surface area contributed by atoms with E-state index in [1.165, 1.54) is 24.3 Å². The Hall–Kier alpha value is -2.70. The molecule has 0 aliphatic carbocycles. The van der Waals surface area contributed by atoms with Gasteiger partial charge >= 0.3 is 5.97 Å². The van der Waals surface area contributed by atoms with Crippen molar-refractivity contribution in [2.75, 3.05) is 0 Å². The Labute approximate surface area is 138 Å². The number of carboxylic acid groups (broad SMARTS) is 1. The molecule has 0 saturated heterocycles. The van der Waals surface area contributed by atoms with E-state index in [0.29, 0.717) is 12.0 Å². The molecule has 1 aromatic carbocycles. The van der Waals surface area contributed by atoms with Crippen LogP contribution in [-0.2, 0) is 4.79 Å². The molecule has 0 fully saturated rings. The molecule has 2 aromatic rings. The van der Waals surface area contributed by atoms with Crippen molar-refractivity contribution in [3.8, 4) is 11.3 Å². The second kappa shape index (κ2) is 7.25. The number of nitrogens with one attached hydrogen (secondary N) is 1. The van der Waals surface area contributed by atoms with Gasteiger partial charge < -0.3 is 14.9 Å². The lowest BCUT2D eigenvalue weighted by Gasteiger charge is -2.15. The highest BCUT2D eigenvalue weighted by atomic mass is 19.1. The number of rotatable bonds is 6. The SMILES string of the molecule is CC(C)CC(=O)N[C@H](C)c1c(-c2ccc(F)cc2)noc1C(=O)O. The van der Waals surface area contributed by atoms with Crippen LogP contribution in [0.3, 0.4) is 0 Å². The van der Waals surface area contributed by atoms with Crippen LogP contribution in [0.25, 0.3) is 11.3 Å². The van der Waals surface area contributed by atoms with E-state index in [4.69, 9.17) is 4.52 Å². The maximum Gasteiger partial charge on any atom is 0.375 e. The van der Waals surface area contributed by atoms with Gasteiger partial charge in [0.2, 0.25) is 11.7 Å². The fourth-order valence-electron chi connectivity index (χ4n) is 2.41. The highest BCUT2D eigenvalue weighted by molar-refractivity contribution is 5.89. The second-order valence-electron chi connectivity index (χ2n) is 5.97. The molecule has 0 saturated carbocycles. The number of halogens is 1. The van der Waals surface area contributed by atoms with E-state index >= 15 is 0 Å². The van der Waals surface area contributed by atoms with Crippen molar-refractivity contribution < 1.29 is 23.6 Å². The summed E-state index contributed by atoms with van der Waals surface area (Å²) in [6.07, 6.45) is 0.323. The number of aromatic nitrogens is 1. The van der Waals surface area contributed by atoms with Gasteiger partial charge in [0.25, 0.3) is 0 Å². The van der Waals surface area contributed by atoms with Crippen LogP contribution in [0.1, 0.15) is 49.4 Å². The standard InChI is InChI=1S/C17H19FN2O4/c1-9(2)8-13(21)19-10(3)14-15(20-24-16(14)17(22)23)11-4-6-12(18)7-5-11/h4-7,9-10H,8H2,1-3H3,(H,19,21)(H,22,23)/t10-/m1/s1. The van der Waals surface area contributed by atoms with Gasteiger partial charge in [-0.25, -0.2) is 9.18 Å². The van der Waals surface area contributed by atoms with Crippen molar-refractivity contribution >= 4 is 11.9 Å². The first kappa shape index (κ1) is 17.7. The van der Waals surface area contributed by atoms with E-state index in [-0.39, 0.29) is 28.8 Å². The molecule has 7 heteroatoms. The topological polar surface area (TPSA) is 92.4 Å². The van der Waals surface area contributed by atoms with Gasteiger partial charge in [-0.1, -0.05) is 19.0 Å². The lowest BCUT2D eigenvalue weighted by atomic mass is 10.00. The molecule has 1 atom stereocenters. The molecule has 1 aromatic heterocycles. The van der Waals surface area contributed by atoms with Crippen LogP contribution in [0.15, 0.2) is 28.8 Å². The summed E-state index contributed by atoms with van der Waals surface area (Å²) in [6, 6.07) is 4.83. The third-order valence-corrected chi connectivity index (χ3v) is 3.44. The predicted octanol–water partition coefficient (Wildman–Crippen LogP) is 3.40. The molecule has 24 heavy (non-hydrogen) atoms. The summed E-state index contributed by atoms with van der Waals surface area (Å²) in [7, 11) is 0. The lowest BCUT2D eigenvalue weighted by molar-refractivity contribution is -0.122. The average Bonchev–Trinajstić information content (AvgIpc) is 2.92. The largest absolute Gasteiger partial charge is 0.475 e. The predicted molar refractivity (Wildman–Crippen MR) is 84.9 cm³/mol. The van der Waals surface area contributed by atoms with Crippen LogP contribution in [-0.4, -0.2) is 22.1 Å². The smallest absolute Gasteiger partial charge is 0.375 e. The van der Waals surface area contributed by atoms with Crippen molar-refractivity contribution in [1.82, 2.24) is 10.5 Å². The van der Waals surface area contributed by atoms with Crippen molar-refractivity contribution in [3.63, 3.8) is 0 Å². The minimum atomic E-state index is -1.28. The van der Waals surface area contributed by atoms with Crippen LogP contribution >= 0.6 is 0 Å². The van der Waals surface area contributed by atoms with Gasteiger partial charge in [-0.05, 0) is 37.1 Å². The van der Waals surface area contributed by atoms with Gasteiger partial charge in [0, 0.05) is 12.0 Å². The van der Waals surface area contributed by atoms with E-state index < -0.39 is 17.8 Å². The molecular formula is C17H19FN2O4. The molecule has 1 heterocycles. The first-order valence-electron chi connectivity index (χ1n) is 7.57. The van der Waals surface area contributed by atoms with Crippen LogP contribution in [0, 0.1) is 11.7 Å². The molecule has 0 radical (unpaired) electrons. The van der Waals surface area contributed by atoms with Gasteiger partial charge in [-0.2, -0.15) is 0 Å². The quantitative estimate of drug-likeness (QED) is 0.844. The monoisotopic (exact) mass is 334 g/mol. The first-order valence-corrected chi connectivity index (χ1v) is 7.57. The third kappa shape index (κ3) is 3.98. The molecule has 0 unspecified atom stereocenters. The Morgan fingerprint density at radius 3 is 2.42 bits per heavy atom. The maximum atomic E-state index is 13.1. The zero-order chi connectivity index (χ0) is 17.9. The average molecular weight is 334 g/mol. The fourth-order valence-corrected chi connectivity index (χ4v) is 2.41. The molecule has 0 aliphatic rings. The van der Waals surface area contributed by atoms with Crippen LogP contribution in [0.5, 0.6) is 0 Å². The number of amides is 1. The van der Waals surface area contributed by atoms with Crippen LogP contribution < -0.4 is 5.32 Å². The van der Waals surface area contributed by atoms with E-state index in [0.717, 1.165) is 0 Å². The summed E-state index contributed by atoms with van der Waals surface area (Å²) < 4.78 is 18.0. The van der Waals surface area contributed by atoms with Gasteiger partial charge in [-0.3, -0.25) is 4.79 Å². The Morgan fingerprint density at radius 1 is 1.25 bits per heavy atom. The minimum Gasteiger partial charge on any atom is -0.475 e. The van der Waals surface area contributed by atoms with Crippen LogP contribution in [0.4, 0.5) is 4.39 Å². The second-order valence-corrected chi connectivity index (χ2v) is 5.97. The normalized spacial score (nSPS) is 12.2.